The van der Waals surface area contributed by atoms with Crippen molar-refractivity contribution in [3.8, 4) is 5.69 Å². The zero-order chi connectivity index (χ0) is 21.4. The lowest BCUT2D eigenvalue weighted by Crippen LogP contribution is -2.29. The van der Waals surface area contributed by atoms with E-state index < -0.39 is 0 Å². The fraction of sp³-hybridized carbons (Fsp3) is 0.154. The van der Waals surface area contributed by atoms with Gasteiger partial charge in [-0.15, -0.1) is 0 Å². The minimum atomic E-state index is -0.0406. The van der Waals surface area contributed by atoms with Gasteiger partial charge in [0.25, 0.3) is 0 Å². The lowest BCUT2D eigenvalue weighted by molar-refractivity contribution is 0.568. The highest BCUT2D eigenvalue weighted by molar-refractivity contribution is 7.80. The van der Waals surface area contributed by atoms with E-state index in [0.717, 1.165) is 22.2 Å². The predicted molar refractivity (Wildman–Crippen MR) is 130 cm³/mol. The van der Waals surface area contributed by atoms with E-state index in [-0.39, 0.29) is 12.1 Å². The Labute approximate surface area is 188 Å². The molecule has 0 aliphatic carbocycles. The maximum atomic E-state index is 5.84. The summed E-state index contributed by atoms with van der Waals surface area (Å²) in [6.07, 6.45) is 6.15. The van der Waals surface area contributed by atoms with Gasteiger partial charge in [-0.3, -0.25) is 4.98 Å². The number of anilines is 1. The van der Waals surface area contributed by atoms with Crippen LogP contribution < -0.4 is 10.2 Å². The standard InChI is InChI=1S/C26H24N4S/c1-18-14-19(2)16-22(15-18)30-25(24(28-26(30)31)23-10-6-7-12-27-23)20-11-13-29(17-20)21-8-4-3-5-9-21/h3-17,24-25H,1-2H3,(H,28,31)/t24-,25+/m0/s1. The molecular weight excluding hydrogens is 400 g/mol. The lowest BCUT2D eigenvalue weighted by Gasteiger charge is -2.28. The molecule has 0 unspecified atom stereocenters. The molecular formula is C26H24N4S. The Hall–Kier alpha value is -3.44. The summed E-state index contributed by atoms with van der Waals surface area (Å²) >= 11 is 5.84. The molecule has 3 heterocycles. The summed E-state index contributed by atoms with van der Waals surface area (Å²) < 4.78 is 2.16. The number of aromatic nitrogens is 2. The number of nitrogens with zero attached hydrogens (tertiary/aromatic N) is 3. The zero-order valence-electron chi connectivity index (χ0n) is 17.6. The average molecular weight is 425 g/mol. The summed E-state index contributed by atoms with van der Waals surface area (Å²) in [5.74, 6) is 0. The van der Waals surface area contributed by atoms with Crippen molar-refractivity contribution in [3.05, 3.63) is 114 Å². The molecule has 0 bridgehead atoms. The van der Waals surface area contributed by atoms with Crippen LogP contribution in [0.25, 0.3) is 5.69 Å². The summed E-state index contributed by atoms with van der Waals surface area (Å²) in [4.78, 5) is 6.88. The van der Waals surface area contributed by atoms with Crippen LogP contribution in [0.3, 0.4) is 0 Å². The molecule has 1 fully saturated rings. The van der Waals surface area contributed by atoms with Gasteiger partial charge < -0.3 is 14.8 Å². The average Bonchev–Trinajstić information content (AvgIpc) is 3.39. The molecule has 0 saturated carbocycles. The second-order valence-corrected chi connectivity index (χ2v) is 8.42. The molecule has 0 radical (unpaired) electrons. The number of benzene rings is 2. The Balaban J connectivity index is 1.62. The van der Waals surface area contributed by atoms with Gasteiger partial charge in [0, 0.05) is 30.0 Å². The molecule has 31 heavy (non-hydrogen) atoms. The van der Waals surface area contributed by atoms with Gasteiger partial charge in [-0.25, -0.2) is 0 Å². The highest BCUT2D eigenvalue weighted by Gasteiger charge is 2.41. The third-order valence-corrected chi connectivity index (χ3v) is 6.01. The van der Waals surface area contributed by atoms with Crippen molar-refractivity contribution in [2.24, 2.45) is 0 Å². The van der Waals surface area contributed by atoms with Gasteiger partial charge in [0.1, 0.15) is 0 Å². The van der Waals surface area contributed by atoms with E-state index in [2.05, 4.69) is 101 Å². The van der Waals surface area contributed by atoms with E-state index in [1.807, 2.05) is 24.4 Å². The molecule has 154 valence electrons. The molecule has 1 aliphatic rings. The number of hydrogen-bond acceptors (Lipinski definition) is 2. The highest BCUT2D eigenvalue weighted by Crippen LogP contribution is 2.42. The van der Waals surface area contributed by atoms with Crippen LogP contribution >= 0.6 is 12.2 Å². The second-order valence-electron chi connectivity index (χ2n) is 8.03. The molecule has 0 spiro atoms. The smallest absolute Gasteiger partial charge is 0.174 e. The first kappa shape index (κ1) is 19.5. The number of rotatable bonds is 4. The van der Waals surface area contributed by atoms with Crippen LogP contribution in [0.4, 0.5) is 5.69 Å². The van der Waals surface area contributed by atoms with Gasteiger partial charge >= 0.3 is 0 Å². The quantitative estimate of drug-likeness (QED) is 0.428. The van der Waals surface area contributed by atoms with Crippen LogP contribution in [0.1, 0.15) is 34.5 Å². The summed E-state index contributed by atoms with van der Waals surface area (Å²) in [6, 6.07) is 25.1. The molecule has 0 amide bonds. The highest BCUT2D eigenvalue weighted by atomic mass is 32.1. The van der Waals surface area contributed by atoms with Crippen molar-refractivity contribution < 1.29 is 0 Å². The second kappa shape index (κ2) is 8.00. The topological polar surface area (TPSA) is 33.1 Å². The lowest BCUT2D eigenvalue weighted by atomic mass is 9.98. The predicted octanol–water partition coefficient (Wildman–Crippen LogP) is 5.67. The summed E-state index contributed by atoms with van der Waals surface area (Å²) in [7, 11) is 0. The van der Waals surface area contributed by atoms with Crippen LogP contribution in [-0.2, 0) is 0 Å². The van der Waals surface area contributed by atoms with Gasteiger partial charge in [0.05, 0.1) is 17.8 Å². The van der Waals surface area contributed by atoms with Gasteiger partial charge in [-0.1, -0.05) is 30.3 Å². The monoisotopic (exact) mass is 424 g/mol. The number of pyridine rings is 1. The van der Waals surface area contributed by atoms with Crippen molar-refractivity contribution in [1.82, 2.24) is 14.9 Å². The van der Waals surface area contributed by atoms with Crippen molar-refractivity contribution in [2.45, 2.75) is 25.9 Å². The fourth-order valence-electron chi connectivity index (χ4n) is 4.41. The van der Waals surface area contributed by atoms with Crippen LogP contribution in [0, 0.1) is 13.8 Å². The van der Waals surface area contributed by atoms with Gasteiger partial charge in [-0.05, 0) is 85.2 Å². The fourth-order valence-corrected chi connectivity index (χ4v) is 4.76. The molecule has 2 aromatic carbocycles. The molecule has 4 nitrogen and oxygen atoms in total. The Morgan fingerprint density at radius 3 is 2.32 bits per heavy atom. The first-order valence-corrected chi connectivity index (χ1v) is 10.8. The van der Waals surface area contributed by atoms with E-state index >= 15 is 0 Å². The molecule has 2 atom stereocenters. The van der Waals surface area contributed by atoms with E-state index in [0.29, 0.717) is 0 Å². The first-order chi connectivity index (χ1) is 15.1. The summed E-state index contributed by atoms with van der Waals surface area (Å²) in [5, 5.41) is 4.26. The molecule has 5 rings (SSSR count). The Bertz CT molecular complexity index is 1200. The van der Waals surface area contributed by atoms with Crippen LogP contribution in [-0.4, -0.2) is 14.7 Å². The Morgan fingerprint density at radius 1 is 0.871 bits per heavy atom. The first-order valence-electron chi connectivity index (χ1n) is 10.4. The summed E-state index contributed by atoms with van der Waals surface area (Å²) in [5.41, 5.74) is 6.85. The minimum absolute atomic E-state index is 0.00596. The number of aryl methyl sites for hydroxylation is 2. The third kappa shape index (κ3) is 3.73. The molecule has 2 aromatic heterocycles. The van der Waals surface area contributed by atoms with Crippen molar-refractivity contribution in [2.75, 3.05) is 4.90 Å². The van der Waals surface area contributed by atoms with Gasteiger partial charge in [0.2, 0.25) is 0 Å². The third-order valence-electron chi connectivity index (χ3n) is 5.69. The van der Waals surface area contributed by atoms with E-state index in [1.54, 1.807) is 0 Å². The van der Waals surface area contributed by atoms with Gasteiger partial charge in [0.15, 0.2) is 5.11 Å². The molecule has 1 N–H and O–H groups in total. The maximum absolute atomic E-state index is 5.84. The Kier molecular flexibility index (Phi) is 5.04. The molecule has 1 saturated heterocycles. The summed E-state index contributed by atoms with van der Waals surface area (Å²) in [6.45, 7) is 4.25. The normalized spacial score (nSPS) is 18.3. The number of hydrogen-bond donors (Lipinski definition) is 1. The minimum Gasteiger partial charge on any atom is -0.351 e. The zero-order valence-corrected chi connectivity index (χ0v) is 18.4. The SMILES string of the molecule is Cc1cc(C)cc(N2C(=S)N[C@@H](c3ccccn3)[C@H]2c2ccn(-c3ccccc3)c2)c1. The van der Waals surface area contributed by atoms with Crippen molar-refractivity contribution in [1.29, 1.82) is 0 Å². The van der Waals surface area contributed by atoms with Gasteiger partial charge in [-0.2, -0.15) is 0 Å². The molecule has 1 aliphatic heterocycles. The van der Waals surface area contributed by atoms with Crippen LogP contribution in [0.2, 0.25) is 0 Å². The van der Waals surface area contributed by atoms with Crippen molar-refractivity contribution in [3.63, 3.8) is 0 Å². The van der Waals surface area contributed by atoms with Crippen molar-refractivity contribution >= 4 is 23.0 Å². The largest absolute Gasteiger partial charge is 0.351 e. The van der Waals surface area contributed by atoms with Crippen LogP contribution in [0.15, 0.2) is 91.4 Å². The molecule has 4 aromatic rings. The number of thiocarbonyl (C=S) groups is 1. The maximum Gasteiger partial charge on any atom is 0.174 e. The van der Waals surface area contributed by atoms with E-state index in [1.165, 1.54) is 16.7 Å². The van der Waals surface area contributed by atoms with E-state index in [4.69, 9.17) is 12.2 Å². The molecule has 5 heteroatoms. The van der Waals surface area contributed by atoms with E-state index in [9.17, 15) is 0 Å². The number of para-hydroxylation sites is 1. The van der Waals surface area contributed by atoms with Crippen LogP contribution in [0.5, 0.6) is 0 Å². The number of nitrogens with one attached hydrogen (secondary N) is 1. The Morgan fingerprint density at radius 2 is 1.61 bits per heavy atom.